The van der Waals surface area contributed by atoms with E-state index in [2.05, 4.69) is 5.32 Å². The van der Waals surface area contributed by atoms with Crippen molar-refractivity contribution in [2.45, 2.75) is 19.9 Å². The Morgan fingerprint density at radius 3 is 2.83 bits per heavy atom. The predicted octanol–water partition coefficient (Wildman–Crippen LogP) is 2.01. The van der Waals surface area contributed by atoms with E-state index in [9.17, 15) is 14.7 Å². The van der Waals surface area contributed by atoms with Crippen molar-refractivity contribution in [3.63, 3.8) is 0 Å². The molecule has 24 heavy (non-hydrogen) atoms. The van der Waals surface area contributed by atoms with Crippen molar-refractivity contribution >= 4 is 23.5 Å². The van der Waals surface area contributed by atoms with Crippen LogP contribution in [0, 0.1) is 11.8 Å². The van der Waals surface area contributed by atoms with Gasteiger partial charge in [0, 0.05) is 30.2 Å². The topological polar surface area (TPSA) is 78.9 Å². The molecule has 1 saturated heterocycles. The normalized spacial score (nSPS) is 21.3. The highest BCUT2D eigenvalue weighted by atomic mass is 35.5. The van der Waals surface area contributed by atoms with Gasteiger partial charge in [-0.25, -0.2) is 0 Å². The zero-order chi connectivity index (χ0) is 17.7. The lowest BCUT2D eigenvalue weighted by Crippen LogP contribution is -2.46. The molecule has 2 rings (SSSR count). The highest BCUT2D eigenvalue weighted by Crippen LogP contribution is 2.23. The Balaban J connectivity index is 1.89. The van der Waals surface area contributed by atoms with Crippen molar-refractivity contribution in [2.75, 3.05) is 26.7 Å². The molecule has 0 aliphatic carbocycles. The zero-order valence-corrected chi connectivity index (χ0v) is 14.7. The van der Waals surface area contributed by atoms with Crippen LogP contribution < -0.4 is 10.1 Å². The maximum absolute atomic E-state index is 12.2. The van der Waals surface area contributed by atoms with E-state index in [1.165, 1.54) is 0 Å². The second-order valence-corrected chi connectivity index (χ2v) is 6.74. The van der Waals surface area contributed by atoms with Crippen LogP contribution >= 0.6 is 11.6 Å². The number of rotatable bonds is 6. The van der Waals surface area contributed by atoms with Crippen molar-refractivity contribution in [3.8, 4) is 5.75 Å². The summed E-state index contributed by atoms with van der Waals surface area (Å²) in [6.45, 7) is 3.66. The molecule has 7 heteroatoms. The zero-order valence-electron chi connectivity index (χ0n) is 13.9. The summed E-state index contributed by atoms with van der Waals surface area (Å²) in [6.07, 6.45) is 0.660. The van der Waals surface area contributed by atoms with Crippen molar-refractivity contribution in [1.29, 1.82) is 0 Å². The van der Waals surface area contributed by atoms with Gasteiger partial charge < -0.3 is 15.2 Å². The van der Waals surface area contributed by atoms with Crippen LogP contribution in [0.1, 0.15) is 18.9 Å². The van der Waals surface area contributed by atoms with Crippen LogP contribution in [0.3, 0.4) is 0 Å². The third-order valence-corrected chi connectivity index (χ3v) is 4.41. The first-order chi connectivity index (χ1) is 11.4. The monoisotopic (exact) mass is 354 g/mol. The highest BCUT2D eigenvalue weighted by Gasteiger charge is 2.30. The summed E-state index contributed by atoms with van der Waals surface area (Å²) in [7, 11) is 1.57. The summed E-state index contributed by atoms with van der Waals surface area (Å²) >= 11 is 5.97. The molecule has 1 heterocycles. The number of hydrogen-bond donors (Lipinski definition) is 2. The van der Waals surface area contributed by atoms with Crippen LogP contribution in [0.15, 0.2) is 18.2 Å². The number of halogens is 1. The Morgan fingerprint density at radius 2 is 2.17 bits per heavy atom. The number of carboxylic acid groups (broad SMARTS) is 1. The standard InChI is InChI=1S/C17H23ClN2O4/c1-11-5-13(17(22)23)9-20(8-11)10-16(21)19-7-12-6-14(18)3-4-15(12)24-2/h3-4,6,11,13H,5,7-10H2,1-2H3,(H,19,21)(H,22,23). The molecule has 2 atom stereocenters. The lowest BCUT2D eigenvalue weighted by molar-refractivity contribution is -0.145. The second kappa shape index (κ2) is 8.35. The number of amides is 1. The Hall–Kier alpha value is -1.79. The number of methoxy groups -OCH3 is 1. The molecule has 1 aliphatic rings. The van der Waals surface area contributed by atoms with Gasteiger partial charge in [-0.3, -0.25) is 14.5 Å². The molecule has 0 bridgehead atoms. The minimum absolute atomic E-state index is 0.143. The van der Waals surface area contributed by atoms with Gasteiger partial charge in [-0.15, -0.1) is 0 Å². The minimum Gasteiger partial charge on any atom is -0.496 e. The highest BCUT2D eigenvalue weighted by molar-refractivity contribution is 6.30. The molecule has 1 aromatic rings. The van der Waals surface area contributed by atoms with Crippen LogP contribution in [0.5, 0.6) is 5.75 Å². The van der Waals surface area contributed by atoms with Crippen molar-refractivity contribution < 1.29 is 19.4 Å². The average molecular weight is 355 g/mol. The first-order valence-corrected chi connectivity index (χ1v) is 8.31. The molecule has 0 saturated carbocycles. The fraction of sp³-hybridized carbons (Fsp3) is 0.529. The molecule has 0 spiro atoms. The molecule has 0 radical (unpaired) electrons. The lowest BCUT2D eigenvalue weighted by atomic mass is 9.90. The molecule has 132 valence electrons. The number of piperidine rings is 1. The molecular weight excluding hydrogens is 332 g/mol. The third-order valence-electron chi connectivity index (χ3n) is 4.17. The average Bonchev–Trinajstić information content (AvgIpc) is 2.52. The van der Waals surface area contributed by atoms with Crippen molar-refractivity contribution in [3.05, 3.63) is 28.8 Å². The molecule has 2 unspecified atom stereocenters. The first kappa shape index (κ1) is 18.5. The molecule has 1 amide bonds. The van der Waals surface area contributed by atoms with Crippen LogP contribution in [0.25, 0.3) is 0 Å². The molecule has 0 aromatic heterocycles. The maximum atomic E-state index is 12.2. The molecule has 2 N–H and O–H groups in total. The largest absolute Gasteiger partial charge is 0.496 e. The van der Waals surface area contributed by atoms with E-state index in [-0.39, 0.29) is 18.4 Å². The summed E-state index contributed by atoms with van der Waals surface area (Å²) < 4.78 is 5.25. The van der Waals surface area contributed by atoms with Crippen molar-refractivity contribution in [1.82, 2.24) is 10.2 Å². The minimum atomic E-state index is -0.796. The Bertz CT molecular complexity index is 608. The van der Waals surface area contributed by atoms with E-state index < -0.39 is 11.9 Å². The number of benzene rings is 1. The van der Waals surface area contributed by atoms with Gasteiger partial charge in [-0.1, -0.05) is 18.5 Å². The second-order valence-electron chi connectivity index (χ2n) is 6.30. The van der Waals surface area contributed by atoms with Crippen molar-refractivity contribution in [2.24, 2.45) is 11.8 Å². The lowest BCUT2D eigenvalue weighted by Gasteiger charge is -2.34. The Labute approximate surface area is 146 Å². The van der Waals surface area contributed by atoms with E-state index in [1.807, 2.05) is 11.8 Å². The summed E-state index contributed by atoms with van der Waals surface area (Å²) in [5.41, 5.74) is 0.800. The van der Waals surface area contributed by atoms with Gasteiger partial charge in [0.05, 0.1) is 19.6 Å². The summed E-state index contributed by atoms with van der Waals surface area (Å²) in [5, 5.41) is 12.6. The number of aliphatic carboxylic acids is 1. The molecule has 1 fully saturated rings. The number of carboxylic acids is 1. The quantitative estimate of drug-likeness (QED) is 0.817. The van der Waals surface area contributed by atoms with Gasteiger partial charge in [0.2, 0.25) is 5.91 Å². The van der Waals surface area contributed by atoms with Crippen LogP contribution in [-0.2, 0) is 16.1 Å². The number of carbonyl (C=O) groups is 2. The predicted molar refractivity (Wildman–Crippen MR) is 91.2 cm³/mol. The van der Waals surface area contributed by atoms with Gasteiger partial charge >= 0.3 is 5.97 Å². The summed E-state index contributed by atoms with van der Waals surface area (Å²) in [5.74, 6) is -0.418. The maximum Gasteiger partial charge on any atom is 0.307 e. The van der Waals surface area contributed by atoms with E-state index in [0.717, 1.165) is 12.1 Å². The van der Waals surface area contributed by atoms with E-state index in [0.29, 0.717) is 30.3 Å². The number of ether oxygens (including phenoxy) is 1. The Kier molecular flexibility index (Phi) is 6.45. The van der Waals surface area contributed by atoms with E-state index in [1.54, 1.807) is 25.3 Å². The number of likely N-dealkylation sites (tertiary alicyclic amines) is 1. The van der Waals surface area contributed by atoms with Gasteiger partial charge in [0.15, 0.2) is 0 Å². The van der Waals surface area contributed by atoms with E-state index >= 15 is 0 Å². The number of carbonyl (C=O) groups excluding carboxylic acids is 1. The number of hydrogen-bond acceptors (Lipinski definition) is 4. The van der Waals surface area contributed by atoms with Crippen LogP contribution in [0.4, 0.5) is 0 Å². The van der Waals surface area contributed by atoms with Crippen LogP contribution in [0.2, 0.25) is 5.02 Å². The summed E-state index contributed by atoms with van der Waals surface area (Å²) in [4.78, 5) is 25.3. The van der Waals surface area contributed by atoms with Gasteiger partial charge in [-0.2, -0.15) is 0 Å². The van der Waals surface area contributed by atoms with Gasteiger partial charge in [0.1, 0.15) is 5.75 Å². The summed E-state index contributed by atoms with van der Waals surface area (Å²) in [6, 6.07) is 5.24. The fourth-order valence-corrected chi connectivity index (χ4v) is 3.30. The fourth-order valence-electron chi connectivity index (χ4n) is 3.11. The molecule has 1 aromatic carbocycles. The SMILES string of the molecule is COc1ccc(Cl)cc1CNC(=O)CN1CC(C)CC(C(=O)O)C1. The van der Waals surface area contributed by atoms with Crippen LogP contribution in [-0.4, -0.2) is 48.6 Å². The van der Waals surface area contributed by atoms with Gasteiger partial charge in [0.25, 0.3) is 0 Å². The molecular formula is C17H23ClN2O4. The number of nitrogens with one attached hydrogen (secondary N) is 1. The first-order valence-electron chi connectivity index (χ1n) is 7.93. The Morgan fingerprint density at radius 1 is 1.42 bits per heavy atom. The third kappa shape index (κ3) is 5.11. The molecule has 1 aliphatic heterocycles. The number of nitrogens with zero attached hydrogens (tertiary/aromatic N) is 1. The smallest absolute Gasteiger partial charge is 0.307 e. The molecule has 6 nitrogen and oxygen atoms in total. The van der Waals surface area contributed by atoms with E-state index in [4.69, 9.17) is 16.3 Å². The van der Waals surface area contributed by atoms with Gasteiger partial charge in [-0.05, 0) is 30.5 Å².